The molecule has 15 heavy (non-hydrogen) atoms. The second-order valence-corrected chi connectivity index (χ2v) is 3.88. The molecule has 1 heterocycles. The summed E-state index contributed by atoms with van der Waals surface area (Å²) >= 11 is 0. The van der Waals surface area contributed by atoms with Crippen LogP contribution in [0.4, 0.5) is 0 Å². The highest BCUT2D eigenvalue weighted by Gasteiger charge is 2.27. The van der Waals surface area contributed by atoms with Crippen LogP contribution < -0.4 is 11.2 Å². The van der Waals surface area contributed by atoms with E-state index in [9.17, 15) is 9.59 Å². The van der Waals surface area contributed by atoms with Crippen molar-refractivity contribution < 1.29 is 0 Å². The molecule has 1 aromatic heterocycles. The van der Waals surface area contributed by atoms with Crippen LogP contribution in [0.2, 0.25) is 0 Å². The maximum absolute atomic E-state index is 12.0. The van der Waals surface area contributed by atoms with Crippen LogP contribution in [-0.4, -0.2) is 9.55 Å². The maximum atomic E-state index is 12.0. The molecule has 0 bridgehead atoms. The van der Waals surface area contributed by atoms with E-state index in [1.807, 2.05) is 0 Å². The van der Waals surface area contributed by atoms with Gasteiger partial charge in [0.05, 0.1) is 10.9 Å². The van der Waals surface area contributed by atoms with Crippen molar-refractivity contribution in [3.8, 4) is 0 Å². The fourth-order valence-electron chi connectivity index (χ4n) is 1.84. The minimum atomic E-state index is -0.291. The van der Waals surface area contributed by atoms with E-state index < -0.39 is 0 Å². The topological polar surface area (TPSA) is 54.9 Å². The molecule has 0 spiro atoms. The average molecular weight is 202 g/mol. The lowest BCUT2D eigenvalue weighted by molar-refractivity contribution is 0.666. The van der Waals surface area contributed by atoms with Crippen molar-refractivity contribution >= 4 is 10.9 Å². The molecule has 1 aliphatic rings. The first-order valence-corrected chi connectivity index (χ1v) is 5.01. The Hall–Kier alpha value is -1.84. The van der Waals surface area contributed by atoms with E-state index in [0.29, 0.717) is 10.9 Å². The summed E-state index contributed by atoms with van der Waals surface area (Å²) in [5.74, 6) is 0. The van der Waals surface area contributed by atoms with E-state index in [4.69, 9.17) is 0 Å². The number of fused-ring (bicyclic) bond motifs is 1. The summed E-state index contributed by atoms with van der Waals surface area (Å²) in [5.41, 5.74) is 0.155. The van der Waals surface area contributed by atoms with Crippen molar-refractivity contribution in [1.82, 2.24) is 9.55 Å². The second kappa shape index (κ2) is 2.82. The number of nitrogens with zero attached hydrogens (tertiary/aromatic N) is 1. The minimum Gasteiger partial charge on any atom is -0.307 e. The number of aromatic nitrogens is 2. The highest BCUT2D eigenvalue weighted by Crippen LogP contribution is 2.32. The fourth-order valence-corrected chi connectivity index (χ4v) is 1.84. The van der Waals surface area contributed by atoms with E-state index >= 15 is 0 Å². The molecule has 0 radical (unpaired) electrons. The summed E-state index contributed by atoms with van der Waals surface area (Å²) in [4.78, 5) is 26.3. The van der Waals surface area contributed by atoms with Gasteiger partial charge in [0.15, 0.2) is 0 Å². The van der Waals surface area contributed by atoms with Crippen LogP contribution in [-0.2, 0) is 0 Å². The predicted octanol–water partition coefficient (Wildman–Crippen LogP) is 1.02. The molecule has 4 nitrogen and oxygen atoms in total. The monoisotopic (exact) mass is 202 g/mol. The molecule has 0 saturated heterocycles. The van der Waals surface area contributed by atoms with Gasteiger partial charge in [-0.1, -0.05) is 12.1 Å². The second-order valence-electron chi connectivity index (χ2n) is 3.88. The first-order chi connectivity index (χ1) is 7.27. The van der Waals surface area contributed by atoms with Crippen LogP contribution in [0.3, 0.4) is 0 Å². The molecule has 0 atom stereocenters. The number of hydrogen-bond acceptors (Lipinski definition) is 2. The quantitative estimate of drug-likeness (QED) is 0.750. The molecular formula is C11H10N2O2. The Bertz CT molecular complexity index is 635. The molecule has 1 aliphatic carbocycles. The molecule has 3 rings (SSSR count). The maximum Gasteiger partial charge on any atom is 0.329 e. The lowest BCUT2D eigenvalue weighted by Gasteiger charge is -2.03. The van der Waals surface area contributed by atoms with E-state index in [0.717, 1.165) is 12.8 Å². The third kappa shape index (κ3) is 1.21. The Balaban J connectivity index is 2.47. The van der Waals surface area contributed by atoms with Crippen LogP contribution >= 0.6 is 0 Å². The lowest BCUT2D eigenvalue weighted by Crippen LogP contribution is -2.34. The zero-order valence-electron chi connectivity index (χ0n) is 8.06. The predicted molar refractivity (Wildman–Crippen MR) is 57.1 cm³/mol. The first kappa shape index (κ1) is 8.47. The number of H-pyrrole nitrogens is 1. The number of aromatic amines is 1. The SMILES string of the molecule is O=c1[nH]c2ccccc2c(=O)n1C1CC1. The Labute approximate surface area is 85.2 Å². The van der Waals surface area contributed by atoms with E-state index in [1.165, 1.54) is 4.57 Å². The van der Waals surface area contributed by atoms with Gasteiger partial charge in [-0.25, -0.2) is 4.79 Å². The van der Waals surface area contributed by atoms with Crippen LogP contribution in [0, 0.1) is 0 Å². The van der Waals surface area contributed by atoms with Gasteiger partial charge in [-0.05, 0) is 25.0 Å². The molecule has 0 amide bonds. The normalized spacial score (nSPS) is 15.7. The largest absolute Gasteiger partial charge is 0.329 e. The summed E-state index contributed by atoms with van der Waals surface area (Å²) in [6.45, 7) is 0. The van der Waals surface area contributed by atoms with E-state index in [1.54, 1.807) is 24.3 Å². The van der Waals surface area contributed by atoms with Crippen molar-refractivity contribution in [2.24, 2.45) is 0 Å². The molecular weight excluding hydrogens is 192 g/mol. The molecule has 76 valence electrons. The number of hydrogen-bond donors (Lipinski definition) is 1. The molecule has 1 N–H and O–H groups in total. The molecule has 1 fully saturated rings. The number of benzene rings is 1. The molecule has 0 aliphatic heterocycles. The number of rotatable bonds is 1. The zero-order valence-corrected chi connectivity index (χ0v) is 8.06. The Morgan fingerprint density at radius 2 is 1.93 bits per heavy atom. The lowest BCUT2D eigenvalue weighted by atomic mass is 10.2. The highest BCUT2D eigenvalue weighted by atomic mass is 16.2. The van der Waals surface area contributed by atoms with Crippen molar-refractivity contribution in [2.45, 2.75) is 18.9 Å². The first-order valence-electron chi connectivity index (χ1n) is 5.01. The molecule has 0 unspecified atom stereocenters. The van der Waals surface area contributed by atoms with Gasteiger partial charge in [0.25, 0.3) is 5.56 Å². The summed E-state index contributed by atoms with van der Waals surface area (Å²) in [6, 6.07) is 7.21. The Kier molecular flexibility index (Phi) is 1.59. The third-order valence-electron chi connectivity index (χ3n) is 2.75. The summed E-state index contributed by atoms with van der Waals surface area (Å²) in [7, 11) is 0. The zero-order chi connectivity index (χ0) is 10.4. The van der Waals surface area contributed by atoms with Gasteiger partial charge in [-0.15, -0.1) is 0 Å². The smallest absolute Gasteiger partial charge is 0.307 e. The number of nitrogens with one attached hydrogen (secondary N) is 1. The average Bonchev–Trinajstić information content (AvgIpc) is 3.02. The van der Waals surface area contributed by atoms with Gasteiger partial charge >= 0.3 is 5.69 Å². The molecule has 4 heteroatoms. The summed E-state index contributed by atoms with van der Waals surface area (Å²) in [6.07, 6.45) is 1.86. The van der Waals surface area contributed by atoms with Crippen LogP contribution in [0.1, 0.15) is 18.9 Å². The summed E-state index contributed by atoms with van der Waals surface area (Å²) in [5, 5.41) is 0.587. The van der Waals surface area contributed by atoms with E-state index in [2.05, 4.69) is 4.98 Å². The van der Waals surface area contributed by atoms with Gasteiger partial charge in [-0.3, -0.25) is 9.36 Å². The van der Waals surface area contributed by atoms with E-state index in [-0.39, 0.29) is 17.3 Å². The van der Waals surface area contributed by atoms with Gasteiger partial charge in [0, 0.05) is 6.04 Å². The molecule has 1 aromatic carbocycles. The van der Waals surface area contributed by atoms with Crippen molar-refractivity contribution in [1.29, 1.82) is 0 Å². The van der Waals surface area contributed by atoms with Gasteiger partial charge in [-0.2, -0.15) is 0 Å². The van der Waals surface area contributed by atoms with Crippen molar-refractivity contribution in [3.05, 3.63) is 45.1 Å². The minimum absolute atomic E-state index is 0.117. The highest BCUT2D eigenvalue weighted by molar-refractivity contribution is 5.76. The Morgan fingerprint density at radius 1 is 1.20 bits per heavy atom. The van der Waals surface area contributed by atoms with Crippen LogP contribution in [0.15, 0.2) is 33.9 Å². The number of para-hydroxylation sites is 1. The standard InChI is InChI=1S/C11H10N2O2/c14-10-8-3-1-2-4-9(8)12-11(15)13(10)7-5-6-7/h1-4,7H,5-6H2,(H,12,15). The van der Waals surface area contributed by atoms with Crippen molar-refractivity contribution in [3.63, 3.8) is 0 Å². The van der Waals surface area contributed by atoms with Gasteiger partial charge in [0.1, 0.15) is 0 Å². The van der Waals surface area contributed by atoms with Gasteiger partial charge in [0.2, 0.25) is 0 Å². The van der Waals surface area contributed by atoms with Crippen molar-refractivity contribution in [2.75, 3.05) is 0 Å². The fraction of sp³-hybridized carbons (Fsp3) is 0.273. The van der Waals surface area contributed by atoms with Crippen LogP contribution in [0.5, 0.6) is 0 Å². The molecule has 1 saturated carbocycles. The third-order valence-corrected chi connectivity index (χ3v) is 2.75. The van der Waals surface area contributed by atoms with Crippen LogP contribution in [0.25, 0.3) is 10.9 Å². The van der Waals surface area contributed by atoms with Gasteiger partial charge < -0.3 is 4.98 Å². The molecule has 2 aromatic rings. The Morgan fingerprint density at radius 3 is 2.67 bits per heavy atom. The summed E-state index contributed by atoms with van der Waals surface area (Å²) < 4.78 is 1.34.